The Balaban J connectivity index is 1.78. The molecule has 146 valence electrons. The highest BCUT2D eigenvalue weighted by Gasteiger charge is 2.36. The number of aromatic amines is 1. The van der Waals surface area contributed by atoms with Gasteiger partial charge in [-0.1, -0.05) is 0 Å². The maximum atomic E-state index is 12.0. The molecular weight excluding hydrogens is 430 g/mol. The number of carboxylic acid groups (broad SMARTS) is 1. The van der Waals surface area contributed by atoms with E-state index in [1.165, 1.54) is 11.8 Å². The Kier molecular flexibility index (Phi) is 4.53. The van der Waals surface area contributed by atoms with Gasteiger partial charge in [-0.3, -0.25) is 9.89 Å². The van der Waals surface area contributed by atoms with Gasteiger partial charge in [-0.25, -0.2) is 9.78 Å². The van der Waals surface area contributed by atoms with Gasteiger partial charge in [-0.05, 0) is 28.8 Å². The smallest absolute Gasteiger partial charge is 0.326 e. The molecule has 2 atom stereocenters. The van der Waals surface area contributed by atoms with Crippen molar-refractivity contribution in [2.24, 2.45) is 0 Å². The van der Waals surface area contributed by atoms with Crippen LogP contribution in [0.5, 0.6) is 0 Å². The topological polar surface area (TPSA) is 142 Å². The summed E-state index contributed by atoms with van der Waals surface area (Å²) in [6, 6.07) is -0.815. The fourth-order valence-corrected chi connectivity index (χ4v) is 4.26. The van der Waals surface area contributed by atoms with Crippen LogP contribution in [-0.4, -0.2) is 59.3 Å². The number of likely N-dealkylation sites (tertiary alicyclic amines) is 1. The van der Waals surface area contributed by atoms with Gasteiger partial charge in [0.25, 0.3) is 0 Å². The molecule has 0 bridgehead atoms. The number of halogens is 1. The van der Waals surface area contributed by atoms with E-state index in [0.29, 0.717) is 34.5 Å². The van der Waals surface area contributed by atoms with Gasteiger partial charge < -0.3 is 15.7 Å². The third-order valence-electron chi connectivity index (χ3n) is 5.12. The third-order valence-corrected chi connectivity index (χ3v) is 5.93. The molecule has 11 heteroatoms. The molecular formula is C17H18BrN7O3. The Morgan fingerprint density at radius 3 is 2.79 bits per heavy atom. The maximum Gasteiger partial charge on any atom is 0.326 e. The Bertz CT molecular complexity index is 1060. The molecule has 0 aliphatic carbocycles. The average Bonchev–Trinajstić information content (AvgIpc) is 3.33. The lowest BCUT2D eigenvalue weighted by Crippen LogP contribution is -2.49. The quantitative estimate of drug-likeness (QED) is 0.553. The predicted octanol–water partition coefficient (Wildman–Crippen LogP) is 1.64. The molecule has 28 heavy (non-hydrogen) atoms. The number of carboxylic acids is 1. The number of nitrogens with two attached hydrogens (primary N) is 1. The van der Waals surface area contributed by atoms with Crippen LogP contribution >= 0.6 is 15.9 Å². The van der Waals surface area contributed by atoms with Crippen molar-refractivity contribution in [3.8, 4) is 11.1 Å². The largest absolute Gasteiger partial charge is 0.480 e. The standard InChI is InChI=1S/C17H18BrN7O3/c1-8(26)24-7-9(2-3-12(24)17(27)28)14-13(18)15(19)25-16(23-14)11(6-22-25)10-4-20-21-5-10/h4-6,9,12H,2-3,7,19H2,1H3,(H,20,21)(H,27,28). The van der Waals surface area contributed by atoms with Crippen LogP contribution in [0.4, 0.5) is 5.82 Å². The van der Waals surface area contributed by atoms with E-state index in [-0.39, 0.29) is 18.4 Å². The molecule has 3 aromatic heterocycles. The van der Waals surface area contributed by atoms with Crippen molar-refractivity contribution in [3.05, 3.63) is 28.8 Å². The zero-order valence-corrected chi connectivity index (χ0v) is 16.5. The minimum Gasteiger partial charge on any atom is -0.480 e. The molecule has 4 rings (SSSR count). The van der Waals surface area contributed by atoms with E-state index in [0.717, 1.165) is 11.1 Å². The number of nitrogen functional groups attached to an aromatic ring is 1. The van der Waals surface area contributed by atoms with Crippen molar-refractivity contribution in [1.82, 2.24) is 29.7 Å². The van der Waals surface area contributed by atoms with Gasteiger partial charge in [0.15, 0.2) is 5.65 Å². The van der Waals surface area contributed by atoms with Gasteiger partial charge in [-0.15, -0.1) is 0 Å². The van der Waals surface area contributed by atoms with Crippen molar-refractivity contribution in [2.45, 2.75) is 31.7 Å². The lowest BCUT2D eigenvalue weighted by Gasteiger charge is -2.37. The number of hydrogen-bond donors (Lipinski definition) is 3. The second-order valence-electron chi connectivity index (χ2n) is 6.78. The zero-order chi connectivity index (χ0) is 20.0. The number of carbonyl (C=O) groups is 2. The van der Waals surface area contributed by atoms with Gasteiger partial charge in [-0.2, -0.15) is 14.7 Å². The normalized spacial score (nSPS) is 19.9. The van der Waals surface area contributed by atoms with E-state index in [1.807, 2.05) is 0 Å². The first-order valence-corrected chi connectivity index (χ1v) is 9.49. The number of piperidine rings is 1. The van der Waals surface area contributed by atoms with Gasteiger partial charge in [0.2, 0.25) is 5.91 Å². The van der Waals surface area contributed by atoms with Crippen molar-refractivity contribution in [3.63, 3.8) is 0 Å². The van der Waals surface area contributed by atoms with Gasteiger partial charge in [0.1, 0.15) is 11.9 Å². The van der Waals surface area contributed by atoms with Gasteiger partial charge in [0.05, 0.1) is 22.6 Å². The fraction of sp³-hybridized carbons (Fsp3) is 0.353. The van der Waals surface area contributed by atoms with Crippen LogP contribution in [-0.2, 0) is 9.59 Å². The van der Waals surface area contributed by atoms with E-state index in [2.05, 4.69) is 31.2 Å². The Morgan fingerprint density at radius 2 is 2.14 bits per heavy atom. The molecule has 4 heterocycles. The van der Waals surface area contributed by atoms with Crippen molar-refractivity contribution in [1.29, 1.82) is 0 Å². The molecule has 4 N–H and O–H groups in total. The van der Waals surface area contributed by atoms with Gasteiger partial charge in [0, 0.05) is 36.7 Å². The van der Waals surface area contributed by atoms with Crippen LogP contribution in [0.3, 0.4) is 0 Å². The fourth-order valence-electron chi connectivity index (χ4n) is 3.68. The summed E-state index contributed by atoms with van der Waals surface area (Å²) >= 11 is 3.51. The molecule has 0 spiro atoms. The zero-order valence-electron chi connectivity index (χ0n) is 15.0. The van der Waals surface area contributed by atoms with Crippen LogP contribution in [0.1, 0.15) is 31.4 Å². The highest BCUT2D eigenvalue weighted by atomic mass is 79.9. The maximum absolute atomic E-state index is 12.0. The Morgan fingerprint density at radius 1 is 1.36 bits per heavy atom. The number of fused-ring (bicyclic) bond motifs is 1. The van der Waals surface area contributed by atoms with Crippen LogP contribution in [0.2, 0.25) is 0 Å². The second-order valence-corrected chi connectivity index (χ2v) is 7.57. The van der Waals surface area contributed by atoms with Gasteiger partial charge >= 0.3 is 5.97 Å². The number of aromatic nitrogens is 5. The molecule has 0 radical (unpaired) electrons. The second kappa shape index (κ2) is 6.89. The number of hydrogen-bond acceptors (Lipinski definition) is 6. The molecule has 0 saturated carbocycles. The molecule has 3 aromatic rings. The van der Waals surface area contributed by atoms with Crippen LogP contribution in [0, 0.1) is 0 Å². The molecule has 0 aromatic carbocycles. The van der Waals surface area contributed by atoms with Crippen molar-refractivity contribution < 1.29 is 14.7 Å². The number of carbonyl (C=O) groups excluding carboxylic acids is 1. The molecule has 1 saturated heterocycles. The summed E-state index contributed by atoms with van der Waals surface area (Å²) in [5.74, 6) is -1.02. The van der Waals surface area contributed by atoms with Crippen molar-refractivity contribution >= 4 is 39.3 Å². The van der Waals surface area contributed by atoms with Crippen LogP contribution < -0.4 is 5.73 Å². The summed E-state index contributed by atoms with van der Waals surface area (Å²) in [4.78, 5) is 29.7. The molecule has 1 fully saturated rings. The first-order valence-electron chi connectivity index (χ1n) is 8.70. The number of nitrogens with one attached hydrogen (secondary N) is 1. The third kappa shape index (κ3) is 2.91. The summed E-state index contributed by atoms with van der Waals surface area (Å²) in [5.41, 5.74) is 9.14. The highest BCUT2D eigenvalue weighted by molar-refractivity contribution is 9.10. The van der Waals surface area contributed by atoms with Crippen LogP contribution in [0.15, 0.2) is 23.1 Å². The minimum atomic E-state index is -0.992. The first-order chi connectivity index (χ1) is 13.4. The lowest BCUT2D eigenvalue weighted by atomic mass is 9.90. The van der Waals surface area contributed by atoms with Crippen LogP contribution in [0.25, 0.3) is 16.8 Å². The number of rotatable bonds is 3. The van der Waals surface area contributed by atoms with E-state index >= 15 is 0 Å². The molecule has 1 amide bonds. The Labute approximate surface area is 167 Å². The summed E-state index contributed by atoms with van der Waals surface area (Å²) in [6.45, 7) is 1.65. The number of anilines is 1. The SMILES string of the molecule is CC(=O)N1CC(c2nc3c(-c4cn[nH]c4)cnn3c(N)c2Br)CCC1C(=O)O. The van der Waals surface area contributed by atoms with E-state index < -0.39 is 12.0 Å². The summed E-state index contributed by atoms with van der Waals surface area (Å²) < 4.78 is 2.14. The number of aliphatic carboxylic acids is 1. The molecule has 2 unspecified atom stereocenters. The van der Waals surface area contributed by atoms with E-state index in [4.69, 9.17) is 10.7 Å². The molecule has 1 aliphatic rings. The molecule has 1 aliphatic heterocycles. The summed E-state index contributed by atoms with van der Waals surface area (Å²) in [7, 11) is 0. The van der Waals surface area contributed by atoms with E-state index in [1.54, 1.807) is 23.1 Å². The minimum absolute atomic E-state index is 0.145. The number of nitrogens with zero attached hydrogens (tertiary/aromatic N) is 5. The molecule has 10 nitrogen and oxygen atoms in total. The average molecular weight is 448 g/mol. The lowest BCUT2D eigenvalue weighted by molar-refractivity contribution is -0.151. The monoisotopic (exact) mass is 447 g/mol. The summed E-state index contributed by atoms with van der Waals surface area (Å²) in [6.07, 6.45) is 6.02. The summed E-state index contributed by atoms with van der Waals surface area (Å²) in [5, 5.41) is 20.5. The number of H-pyrrole nitrogens is 1. The highest BCUT2D eigenvalue weighted by Crippen LogP contribution is 2.37. The predicted molar refractivity (Wildman–Crippen MR) is 103 cm³/mol. The van der Waals surface area contributed by atoms with E-state index in [9.17, 15) is 14.7 Å². The first kappa shape index (κ1) is 18.4. The Hall–Kier alpha value is -2.95. The number of amides is 1. The van der Waals surface area contributed by atoms with Crippen molar-refractivity contribution in [2.75, 3.05) is 12.3 Å².